The van der Waals surface area contributed by atoms with E-state index in [1.807, 2.05) is 49.6 Å². The number of anilines is 2. The summed E-state index contributed by atoms with van der Waals surface area (Å²) in [7, 11) is -4.04. The Morgan fingerprint density at radius 3 is 2.22 bits per heavy atom. The number of benzene rings is 3. The molecule has 3 N–H and O–H groups in total. The number of rotatable bonds is 18. The number of Topliss-reactive ketones (excluding diaryl/α,β-unsaturated/α-hetero) is 2. The number of phenolic OH excluding ortho intramolecular Hbond substituents is 1. The topological polar surface area (TPSA) is 142 Å². The first kappa shape index (κ1) is 39.9. The number of fused-ring (bicyclic) bond motifs is 1. The number of ketones is 2. The number of carbonyl (C=O) groups is 3. The molecule has 0 aromatic heterocycles. The number of hydrogen-bond acceptors (Lipinski definition) is 9. The molecule has 2 atom stereocenters. The molecule has 12 heteroatoms. The third kappa shape index (κ3) is 10.1. The minimum atomic E-state index is -4.04. The van der Waals surface area contributed by atoms with Crippen LogP contribution in [0.2, 0.25) is 0 Å². The Kier molecular flexibility index (Phi) is 14.1. The zero-order chi connectivity index (χ0) is 37.2. The lowest BCUT2D eigenvalue weighted by Crippen LogP contribution is -2.53. The van der Waals surface area contributed by atoms with Crippen molar-refractivity contribution in [2.45, 2.75) is 100 Å². The maximum absolute atomic E-state index is 14.3. The molecule has 1 aliphatic heterocycles. The Morgan fingerprint density at radius 2 is 1.65 bits per heavy atom. The van der Waals surface area contributed by atoms with Crippen molar-refractivity contribution in [3.8, 4) is 11.5 Å². The highest BCUT2D eigenvalue weighted by atomic mass is 32.2. The molecular weight excluding hydrogens is 687 g/mol. The van der Waals surface area contributed by atoms with Crippen molar-refractivity contribution in [3.63, 3.8) is 0 Å². The number of thioether (sulfide) groups is 1. The fraction of sp³-hybridized carbons (Fsp3) is 0.462. The van der Waals surface area contributed by atoms with Gasteiger partial charge in [-0.15, -0.1) is 11.8 Å². The first-order valence-corrected chi connectivity index (χ1v) is 20.4. The lowest BCUT2D eigenvalue weighted by molar-refractivity contribution is -0.131. The second-order valence-electron chi connectivity index (χ2n) is 13.3. The third-order valence-electron chi connectivity index (χ3n) is 9.45. The molecule has 276 valence electrons. The highest BCUT2D eigenvalue weighted by Gasteiger charge is 2.42. The molecule has 1 aliphatic rings. The predicted octanol–water partition coefficient (Wildman–Crippen LogP) is 7.47. The number of hydrogen-bond donors (Lipinski definition) is 3. The van der Waals surface area contributed by atoms with Crippen molar-refractivity contribution in [1.29, 1.82) is 0 Å². The fourth-order valence-corrected chi connectivity index (χ4v) is 8.75. The smallest absolute Gasteiger partial charge is 0.258 e. The largest absolute Gasteiger partial charge is 0.508 e. The van der Waals surface area contributed by atoms with Crippen LogP contribution < -0.4 is 19.7 Å². The number of nitrogens with zero attached hydrogens (tertiary/aromatic N) is 1. The van der Waals surface area contributed by atoms with Crippen molar-refractivity contribution in [2.75, 3.05) is 24.3 Å². The molecule has 0 saturated carbocycles. The van der Waals surface area contributed by atoms with E-state index < -0.39 is 40.0 Å². The van der Waals surface area contributed by atoms with Gasteiger partial charge in [0.15, 0.2) is 12.4 Å². The normalized spacial score (nSPS) is 16.0. The summed E-state index contributed by atoms with van der Waals surface area (Å²) in [5, 5.41) is 12.6. The molecule has 0 saturated heterocycles. The van der Waals surface area contributed by atoms with Crippen molar-refractivity contribution < 1.29 is 32.6 Å². The summed E-state index contributed by atoms with van der Waals surface area (Å²) in [4.78, 5) is 41.7. The number of phenols is 1. The summed E-state index contributed by atoms with van der Waals surface area (Å²) in [6.07, 6.45) is 7.25. The van der Waals surface area contributed by atoms with Crippen LogP contribution >= 0.6 is 11.8 Å². The first-order valence-electron chi connectivity index (χ1n) is 17.7. The van der Waals surface area contributed by atoms with Gasteiger partial charge in [0.2, 0.25) is 10.0 Å². The van der Waals surface area contributed by atoms with E-state index in [4.69, 9.17) is 4.74 Å². The Labute approximate surface area is 306 Å². The number of para-hydroxylation sites is 1. The SMILES string of the molecule is CCCCC1(CCCC)CN(c2ccccc2)c2cc(SC)c(OCC(=O)NC(C(=O)CC(CC)C(C)=O)c3ccc(O)cc3)cc2S(=O)(=O)N1. The van der Waals surface area contributed by atoms with Crippen LogP contribution in [-0.2, 0) is 24.4 Å². The Hall–Kier alpha value is -3.87. The Bertz CT molecular complexity index is 1760. The van der Waals surface area contributed by atoms with Crippen molar-refractivity contribution >= 4 is 50.6 Å². The van der Waals surface area contributed by atoms with Crippen LogP contribution in [0.25, 0.3) is 0 Å². The number of sulfonamides is 1. The van der Waals surface area contributed by atoms with E-state index in [9.17, 15) is 27.9 Å². The molecule has 1 heterocycles. The van der Waals surface area contributed by atoms with Crippen LogP contribution in [0.3, 0.4) is 0 Å². The van der Waals surface area contributed by atoms with E-state index in [1.165, 1.54) is 36.9 Å². The summed E-state index contributed by atoms with van der Waals surface area (Å²) >= 11 is 1.37. The quantitative estimate of drug-likeness (QED) is 0.113. The molecule has 0 spiro atoms. The van der Waals surface area contributed by atoms with Crippen molar-refractivity contribution in [1.82, 2.24) is 10.0 Å². The van der Waals surface area contributed by atoms with E-state index in [2.05, 4.69) is 28.8 Å². The van der Waals surface area contributed by atoms with Gasteiger partial charge in [-0.05, 0) is 68.3 Å². The van der Waals surface area contributed by atoms with Crippen LogP contribution in [0.5, 0.6) is 11.5 Å². The van der Waals surface area contributed by atoms with Gasteiger partial charge in [-0.1, -0.05) is 76.8 Å². The van der Waals surface area contributed by atoms with Gasteiger partial charge < -0.3 is 20.1 Å². The van der Waals surface area contributed by atoms with Gasteiger partial charge >= 0.3 is 0 Å². The second kappa shape index (κ2) is 18.1. The average molecular weight is 738 g/mol. The van der Waals surface area contributed by atoms with Gasteiger partial charge in [-0.3, -0.25) is 14.4 Å². The van der Waals surface area contributed by atoms with Crippen molar-refractivity contribution in [2.24, 2.45) is 5.92 Å². The predicted molar refractivity (Wildman–Crippen MR) is 202 cm³/mol. The summed E-state index contributed by atoms with van der Waals surface area (Å²) in [6.45, 7) is 7.43. The van der Waals surface area contributed by atoms with Gasteiger partial charge in [0.05, 0.1) is 16.1 Å². The Balaban J connectivity index is 1.68. The molecule has 10 nitrogen and oxygen atoms in total. The number of unbranched alkanes of at least 4 members (excludes halogenated alkanes) is 2. The molecule has 3 aromatic carbocycles. The van der Waals surface area contributed by atoms with Gasteiger partial charge in [-0.25, -0.2) is 13.1 Å². The maximum Gasteiger partial charge on any atom is 0.258 e. The maximum atomic E-state index is 14.3. The van der Waals surface area contributed by atoms with E-state index in [0.29, 0.717) is 42.0 Å². The molecular formula is C39H51N3O7S2. The highest BCUT2D eigenvalue weighted by Crippen LogP contribution is 2.44. The Morgan fingerprint density at radius 1 is 1.00 bits per heavy atom. The minimum absolute atomic E-state index is 0.00539. The molecule has 0 bridgehead atoms. The van der Waals surface area contributed by atoms with E-state index in [0.717, 1.165) is 31.4 Å². The summed E-state index contributed by atoms with van der Waals surface area (Å²) < 4.78 is 37.8. The van der Waals surface area contributed by atoms with E-state index >= 15 is 0 Å². The number of aromatic hydroxyl groups is 1. The molecule has 4 rings (SSSR count). The summed E-state index contributed by atoms with van der Waals surface area (Å²) in [6, 6.07) is 17.9. The van der Waals surface area contributed by atoms with E-state index in [-0.39, 0.29) is 34.4 Å². The first-order chi connectivity index (χ1) is 24.4. The zero-order valence-corrected chi connectivity index (χ0v) is 31.9. The standard InChI is InChI=1S/C39H51N3O7S2/c1-6-9-20-39(21-10-7-2)26-42(30-14-12-11-13-15-30)32-23-35(50-5)34(24-36(32)51(47,48)41-39)49-25-37(46)40-38(29-16-18-31(44)19-17-29)33(45)22-28(8-3)27(4)43/h11-19,23-24,28,38,41,44H,6-10,20-22,25-26H2,1-5H3,(H,40,46). The van der Waals surface area contributed by atoms with Crippen LogP contribution in [-0.4, -0.2) is 55.9 Å². The van der Waals surface area contributed by atoms with Crippen LogP contribution in [0.4, 0.5) is 11.4 Å². The van der Waals surface area contributed by atoms with Gasteiger partial charge in [0, 0.05) is 30.6 Å². The van der Waals surface area contributed by atoms with Crippen LogP contribution in [0.15, 0.2) is 76.5 Å². The molecule has 0 radical (unpaired) electrons. The molecule has 3 aromatic rings. The third-order valence-corrected chi connectivity index (χ3v) is 11.8. The zero-order valence-electron chi connectivity index (χ0n) is 30.2. The molecule has 1 amide bonds. The lowest BCUT2D eigenvalue weighted by atomic mass is 9.87. The van der Waals surface area contributed by atoms with Gasteiger partial charge in [0.1, 0.15) is 28.2 Å². The second-order valence-corrected chi connectivity index (χ2v) is 15.8. The van der Waals surface area contributed by atoms with Crippen molar-refractivity contribution in [3.05, 3.63) is 72.3 Å². The molecule has 51 heavy (non-hydrogen) atoms. The monoisotopic (exact) mass is 737 g/mol. The highest BCUT2D eigenvalue weighted by molar-refractivity contribution is 7.98. The minimum Gasteiger partial charge on any atom is -0.508 e. The lowest BCUT2D eigenvalue weighted by Gasteiger charge is -2.37. The molecule has 0 aliphatic carbocycles. The molecule has 0 fully saturated rings. The summed E-state index contributed by atoms with van der Waals surface area (Å²) in [5.41, 5.74) is 1.15. The molecule has 2 unspecified atom stereocenters. The van der Waals surface area contributed by atoms with Gasteiger partial charge in [0.25, 0.3) is 5.91 Å². The fourth-order valence-electron chi connectivity index (χ4n) is 6.54. The number of nitrogens with one attached hydrogen (secondary N) is 2. The number of carbonyl (C=O) groups excluding carboxylic acids is 3. The number of amides is 1. The van der Waals surface area contributed by atoms with Crippen LogP contribution in [0, 0.1) is 5.92 Å². The average Bonchev–Trinajstić information content (AvgIpc) is 3.21. The number of ether oxygens (including phenoxy) is 1. The van der Waals surface area contributed by atoms with Gasteiger partial charge in [-0.2, -0.15) is 0 Å². The summed E-state index contributed by atoms with van der Waals surface area (Å²) in [5.74, 6) is -1.32. The van der Waals surface area contributed by atoms with E-state index in [1.54, 1.807) is 12.1 Å². The van der Waals surface area contributed by atoms with Crippen LogP contribution in [0.1, 0.15) is 90.7 Å².